The highest BCUT2D eigenvalue weighted by Crippen LogP contribution is 2.45. The SMILES string of the molecule is CC/C=C\C/C=C\C/C=C\C/C=C\C/C=C\C/C=C\CCC(=O)OC[C@H](COP(=O)(O)OC[C@@H](O)COP(=O)(O)OC[C@@H](COC(=O)CCC/C=C\C/C=C\C/C=C\C/C=C\CCCCC)OC(=O)CC/C=C\C/C=C\C/C=C\C/C=C\C/C=C\C/C=C\CC)OC(=O)CCCCC/C=C\C/C=C\C/C=C\C/C=C\C/C=C\CC. The Labute approximate surface area is 688 Å². The minimum Gasteiger partial charge on any atom is -0.462 e. The second-order valence-electron chi connectivity index (χ2n) is 26.6. The molecule has 17 nitrogen and oxygen atoms in total. The molecule has 0 aromatic carbocycles. The maximum atomic E-state index is 13.1. The molecule has 2 unspecified atom stereocenters. The van der Waals surface area contributed by atoms with Crippen LogP contribution in [0.15, 0.2) is 255 Å². The first-order chi connectivity index (χ1) is 55.7. The predicted octanol–water partition coefficient (Wildman–Crippen LogP) is 25.3. The minimum atomic E-state index is -5.04. The number of unbranched alkanes of at least 4 members (excludes halogenated alkanes) is 7. The van der Waals surface area contributed by atoms with Crippen molar-refractivity contribution in [2.45, 2.75) is 277 Å². The first-order valence-electron chi connectivity index (χ1n) is 41.9. The van der Waals surface area contributed by atoms with Crippen LogP contribution in [0.1, 0.15) is 259 Å². The van der Waals surface area contributed by atoms with Gasteiger partial charge in [0.25, 0.3) is 0 Å². The molecular weight excluding hydrogens is 1470 g/mol. The number of allylic oxidation sites excluding steroid dienone is 42. The van der Waals surface area contributed by atoms with Crippen molar-refractivity contribution in [2.24, 2.45) is 0 Å². The molecule has 0 saturated carbocycles. The number of aliphatic hydroxyl groups is 1. The van der Waals surface area contributed by atoms with Gasteiger partial charge >= 0.3 is 39.5 Å². The lowest BCUT2D eigenvalue weighted by atomic mass is 10.1. The van der Waals surface area contributed by atoms with Crippen LogP contribution in [0.25, 0.3) is 0 Å². The van der Waals surface area contributed by atoms with Crippen LogP contribution in [0, 0.1) is 0 Å². The molecule has 0 aliphatic heterocycles. The van der Waals surface area contributed by atoms with Gasteiger partial charge < -0.3 is 33.8 Å². The van der Waals surface area contributed by atoms with Gasteiger partial charge in [-0.05, 0) is 186 Å². The van der Waals surface area contributed by atoms with Crippen LogP contribution >= 0.6 is 15.6 Å². The Hall–Kier alpha value is -7.40. The van der Waals surface area contributed by atoms with E-state index in [9.17, 15) is 43.2 Å². The van der Waals surface area contributed by atoms with Crippen molar-refractivity contribution in [3.8, 4) is 0 Å². The summed E-state index contributed by atoms with van der Waals surface area (Å²) in [6, 6.07) is 0. The second kappa shape index (κ2) is 83.5. The molecule has 0 saturated heterocycles. The molecule has 5 atom stereocenters. The number of carbonyl (C=O) groups is 4. The standard InChI is InChI=1S/C95H144O17P2/c1-5-9-13-17-21-25-29-33-37-41-44-48-52-56-60-64-68-72-76-80-93(98)106-86-91(112-95(100)82-78-74-70-66-62-58-54-50-46-43-39-35-31-27-23-19-15-11-7-3)88-110-114(103,104)108-84-89(96)83-107-113(101,102)109-87-90(85-105-92(97)79-75-71-67-63-59-55-51-47-40-36-32-28-24-20-16-12-8-4)111-94(99)81-77-73-69-65-61-57-53-49-45-42-38-34-30-26-22-18-14-10-6-2/h9-11,13-15,21-28,33-40,44-46,48-51,55-58,60-63,67-69,72-73,89-91,96H,5-8,12,16-20,29-32,41-43,47,52-54,59,64-66,70-71,74-88H2,1-4H3,(H,101,102)(H,103,104)/b13-9-,14-10-,15-11-,25-21-,26-22-,27-23-,28-24-,37-33-,38-34-,39-35-,40-36-,48-44-,49-45-,50-46-,55-51-,60-56-,61-57-,62-58-,67-63-,72-68-,73-69-/t89-,90+,91+/m0/s1. The van der Waals surface area contributed by atoms with Crippen LogP contribution in [0.2, 0.25) is 0 Å². The van der Waals surface area contributed by atoms with Gasteiger partial charge in [0.2, 0.25) is 0 Å². The molecule has 114 heavy (non-hydrogen) atoms. The summed E-state index contributed by atoms with van der Waals surface area (Å²) in [6.07, 6.45) is 111. The van der Waals surface area contributed by atoms with E-state index in [0.29, 0.717) is 44.9 Å². The van der Waals surface area contributed by atoms with Crippen LogP contribution < -0.4 is 0 Å². The summed E-state index contributed by atoms with van der Waals surface area (Å²) in [5, 5.41) is 10.7. The Balaban J connectivity index is 5.65. The van der Waals surface area contributed by atoms with Crippen LogP contribution in [0.3, 0.4) is 0 Å². The summed E-state index contributed by atoms with van der Waals surface area (Å²) >= 11 is 0. The zero-order valence-electron chi connectivity index (χ0n) is 69.6. The van der Waals surface area contributed by atoms with Crippen molar-refractivity contribution in [3.63, 3.8) is 0 Å². The normalized spacial score (nSPS) is 15.0. The quantitative estimate of drug-likeness (QED) is 0.0169. The third kappa shape index (κ3) is 82.6. The number of rotatable bonds is 75. The number of phosphoric acid groups is 2. The summed E-state index contributed by atoms with van der Waals surface area (Å²) in [7, 11) is -10.1. The van der Waals surface area contributed by atoms with Gasteiger partial charge in [-0.3, -0.25) is 37.3 Å². The Morgan fingerprint density at radius 2 is 0.482 bits per heavy atom. The summed E-state index contributed by atoms with van der Waals surface area (Å²) < 4.78 is 68.5. The highest BCUT2D eigenvalue weighted by atomic mass is 31.2. The van der Waals surface area contributed by atoms with Gasteiger partial charge in [-0.1, -0.05) is 302 Å². The molecule has 0 rings (SSSR count). The molecule has 0 spiro atoms. The minimum absolute atomic E-state index is 0.0133. The second-order valence-corrected chi connectivity index (χ2v) is 29.5. The molecule has 19 heteroatoms. The number of aliphatic hydroxyl groups excluding tert-OH is 1. The maximum absolute atomic E-state index is 13.1. The zero-order valence-corrected chi connectivity index (χ0v) is 71.4. The van der Waals surface area contributed by atoms with E-state index in [1.807, 2.05) is 48.6 Å². The highest BCUT2D eigenvalue weighted by Gasteiger charge is 2.30. The number of hydrogen-bond acceptors (Lipinski definition) is 15. The van der Waals surface area contributed by atoms with Gasteiger partial charge in [-0.25, -0.2) is 9.13 Å². The maximum Gasteiger partial charge on any atom is 0.472 e. The van der Waals surface area contributed by atoms with Gasteiger partial charge in [0.1, 0.15) is 19.3 Å². The number of carbonyl (C=O) groups excluding carboxylic acids is 4. The van der Waals surface area contributed by atoms with Crippen LogP contribution in [0.4, 0.5) is 0 Å². The third-order valence-electron chi connectivity index (χ3n) is 16.0. The molecule has 0 aliphatic rings. The molecule has 0 radical (unpaired) electrons. The van der Waals surface area contributed by atoms with E-state index in [4.69, 9.17) is 37.0 Å². The molecule has 0 aliphatic carbocycles. The largest absolute Gasteiger partial charge is 0.472 e. The van der Waals surface area contributed by atoms with Gasteiger partial charge in [-0.15, -0.1) is 0 Å². The highest BCUT2D eigenvalue weighted by molar-refractivity contribution is 7.47. The number of hydrogen-bond donors (Lipinski definition) is 3. The number of ether oxygens (including phenoxy) is 4. The Morgan fingerprint density at radius 1 is 0.254 bits per heavy atom. The van der Waals surface area contributed by atoms with Crippen LogP contribution in [-0.2, 0) is 65.4 Å². The summed E-state index contributed by atoms with van der Waals surface area (Å²) in [4.78, 5) is 73.2. The monoisotopic (exact) mass is 1620 g/mol. The van der Waals surface area contributed by atoms with E-state index in [0.717, 1.165) is 141 Å². The Morgan fingerprint density at radius 3 is 0.781 bits per heavy atom. The molecule has 0 heterocycles. The fourth-order valence-corrected chi connectivity index (χ4v) is 11.3. The van der Waals surface area contributed by atoms with E-state index in [2.05, 4.69) is 234 Å². The van der Waals surface area contributed by atoms with Crippen molar-refractivity contribution < 1.29 is 80.2 Å². The van der Waals surface area contributed by atoms with Crippen LogP contribution in [-0.4, -0.2) is 96.7 Å². The fourth-order valence-electron chi connectivity index (χ4n) is 9.76. The smallest absolute Gasteiger partial charge is 0.462 e. The fraction of sp³-hybridized carbons (Fsp3) is 0.516. The molecule has 3 N–H and O–H groups in total. The van der Waals surface area contributed by atoms with E-state index in [1.54, 1.807) is 0 Å². The lowest BCUT2D eigenvalue weighted by Crippen LogP contribution is -2.30. The number of esters is 4. The first-order valence-corrected chi connectivity index (χ1v) is 44.9. The van der Waals surface area contributed by atoms with Crippen molar-refractivity contribution >= 4 is 39.5 Å². The summed E-state index contributed by atoms with van der Waals surface area (Å²) in [5.74, 6) is -2.51. The predicted molar refractivity (Wildman–Crippen MR) is 472 cm³/mol. The molecule has 0 bridgehead atoms. The molecular formula is C95H144O17P2. The summed E-state index contributed by atoms with van der Waals surface area (Å²) in [6.45, 7) is 4.18. The van der Waals surface area contributed by atoms with E-state index in [1.165, 1.54) is 19.3 Å². The van der Waals surface area contributed by atoms with E-state index >= 15 is 0 Å². The van der Waals surface area contributed by atoms with Crippen molar-refractivity contribution in [1.82, 2.24) is 0 Å². The first kappa shape index (κ1) is 107. The molecule has 0 aromatic rings. The molecule has 636 valence electrons. The van der Waals surface area contributed by atoms with Crippen molar-refractivity contribution in [1.29, 1.82) is 0 Å². The molecule has 0 fully saturated rings. The van der Waals surface area contributed by atoms with E-state index < -0.39 is 97.5 Å². The van der Waals surface area contributed by atoms with Gasteiger partial charge in [-0.2, -0.15) is 0 Å². The topological polar surface area (TPSA) is 237 Å². The van der Waals surface area contributed by atoms with Crippen molar-refractivity contribution in [2.75, 3.05) is 39.6 Å². The van der Waals surface area contributed by atoms with Gasteiger partial charge in [0, 0.05) is 25.7 Å². The van der Waals surface area contributed by atoms with Gasteiger partial charge in [0.05, 0.1) is 26.4 Å². The van der Waals surface area contributed by atoms with E-state index in [-0.39, 0.29) is 25.7 Å². The molecule has 0 amide bonds. The summed E-state index contributed by atoms with van der Waals surface area (Å²) in [5.41, 5.74) is 0. The zero-order chi connectivity index (χ0) is 83.1. The Kier molecular flexibility index (Phi) is 78.1. The lowest BCUT2D eigenvalue weighted by Gasteiger charge is -2.21. The van der Waals surface area contributed by atoms with Gasteiger partial charge in [0.15, 0.2) is 12.2 Å². The third-order valence-corrected chi connectivity index (χ3v) is 17.9. The average molecular weight is 1620 g/mol. The van der Waals surface area contributed by atoms with Crippen molar-refractivity contribution in [3.05, 3.63) is 255 Å². The number of phosphoric ester groups is 2. The average Bonchev–Trinajstić information content (AvgIpc) is 0.899. The lowest BCUT2D eigenvalue weighted by molar-refractivity contribution is -0.161. The van der Waals surface area contributed by atoms with Crippen LogP contribution in [0.5, 0.6) is 0 Å². The Bertz CT molecular complexity index is 3170. The molecule has 0 aromatic heterocycles.